The summed E-state index contributed by atoms with van der Waals surface area (Å²) in [4.78, 5) is 2.15. The molecule has 0 radical (unpaired) electrons. The summed E-state index contributed by atoms with van der Waals surface area (Å²) in [5, 5.41) is 0. The van der Waals surface area contributed by atoms with Gasteiger partial charge in [0.15, 0.2) is 0 Å². The fourth-order valence-electron chi connectivity index (χ4n) is 2.36. The summed E-state index contributed by atoms with van der Waals surface area (Å²) >= 11 is 0. The van der Waals surface area contributed by atoms with Crippen molar-refractivity contribution in [3.63, 3.8) is 0 Å². The first-order chi connectivity index (χ1) is 9.55. The van der Waals surface area contributed by atoms with E-state index in [1.165, 1.54) is 0 Å². The molecular weight excluding hydrogens is 276 g/mol. The van der Waals surface area contributed by atoms with Crippen molar-refractivity contribution in [2.75, 3.05) is 32.5 Å². The van der Waals surface area contributed by atoms with Crippen molar-refractivity contribution in [3.8, 4) is 5.75 Å². The lowest BCUT2D eigenvalue weighted by Gasteiger charge is -2.29. The van der Waals surface area contributed by atoms with E-state index in [0.29, 0.717) is 5.75 Å². The molecule has 1 saturated heterocycles. The zero-order valence-corrected chi connectivity index (χ0v) is 12.6. The SMILES string of the molecule is CN1CCCC(NS(=O)(=O)CCOc2ccccc2)C1. The quantitative estimate of drug-likeness (QED) is 0.854. The van der Waals surface area contributed by atoms with Gasteiger partial charge in [0.25, 0.3) is 0 Å². The standard InChI is InChI=1S/C14H22N2O3S/c1-16-9-5-6-13(12-16)15-20(17,18)11-10-19-14-7-3-2-4-8-14/h2-4,7-8,13,15H,5-6,9-12H2,1H3. The van der Waals surface area contributed by atoms with E-state index in [9.17, 15) is 8.42 Å². The van der Waals surface area contributed by atoms with E-state index in [1.807, 2.05) is 37.4 Å². The summed E-state index contributed by atoms with van der Waals surface area (Å²) in [6.07, 6.45) is 1.94. The number of likely N-dealkylation sites (tertiary alicyclic amines) is 1. The van der Waals surface area contributed by atoms with Crippen LogP contribution in [0.2, 0.25) is 0 Å². The highest BCUT2D eigenvalue weighted by atomic mass is 32.2. The van der Waals surface area contributed by atoms with Gasteiger partial charge in [-0.2, -0.15) is 0 Å². The van der Waals surface area contributed by atoms with E-state index in [-0.39, 0.29) is 18.4 Å². The molecule has 5 nitrogen and oxygen atoms in total. The number of nitrogens with zero attached hydrogens (tertiary/aromatic N) is 1. The zero-order valence-electron chi connectivity index (χ0n) is 11.8. The van der Waals surface area contributed by atoms with Crippen LogP contribution in [0.15, 0.2) is 30.3 Å². The van der Waals surface area contributed by atoms with Gasteiger partial charge < -0.3 is 9.64 Å². The van der Waals surface area contributed by atoms with Gasteiger partial charge in [-0.3, -0.25) is 0 Å². The van der Waals surface area contributed by atoms with Crippen molar-refractivity contribution in [2.24, 2.45) is 0 Å². The van der Waals surface area contributed by atoms with Crippen molar-refractivity contribution in [3.05, 3.63) is 30.3 Å². The highest BCUT2D eigenvalue weighted by molar-refractivity contribution is 7.89. The fraction of sp³-hybridized carbons (Fsp3) is 0.571. The van der Waals surface area contributed by atoms with Crippen molar-refractivity contribution in [2.45, 2.75) is 18.9 Å². The molecule has 1 N–H and O–H groups in total. The van der Waals surface area contributed by atoms with Gasteiger partial charge in [0.2, 0.25) is 10.0 Å². The monoisotopic (exact) mass is 298 g/mol. The van der Waals surface area contributed by atoms with Crippen LogP contribution in [0.4, 0.5) is 0 Å². The Balaban J connectivity index is 1.76. The molecule has 0 spiro atoms. The number of rotatable bonds is 6. The maximum atomic E-state index is 12.0. The summed E-state index contributed by atoms with van der Waals surface area (Å²) in [6.45, 7) is 1.98. The maximum Gasteiger partial charge on any atom is 0.215 e. The van der Waals surface area contributed by atoms with Crippen LogP contribution in [-0.4, -0.2) is 51.9 Å². The summed E-state index contributed by atoms with van der Waals surface area (Å²) in [5.74, 6) is 0.683. The van der Waals surface area contributed by atoms with Crippen LogP contribution in [0.3, 0.4) is 0 Å². The maximum absolute atomic E-state index is 12.0. The molecule has 1 unspecified atom stereocenters. The summed E-state index contributed by atoms with van der Waals surface area (Å²) in [7, 11) is -1.26. The largest absolute Gasteiger partial charge is 0.492 e. The average molecular weight is 298 g/mol. The highest BCUT2D eigenvalue weighted by Gasteiger charge is 2.22. The van der Waals surface area contributed by atoms with E-state index in [4.69, 9.17) is 4.74 Å². The Bertz CT molecular complexity index is 504. The third-order valence-electron chi connectivity index (χ3n) is 3.33. The lowest BCUT2D eigenvalue weighted by molar-refractivity contribution is 0.242. The molecule has 20 heavy (non-hydrogen) atoms. The number of nitrogens with one attached hydrogen (secondary N) is 1. The molecule has 1 atom stereocenters. The minimum atomic E-state index is -3.28. The van der Waals surface area contributed by atoms with Gasteiger partial charge in [-0.15, -0.1) is 0 Å². The number of hydrogen-bond donors (Lipinski definition) is 1. The second-order valence-corrected chi connectivity index (χ2v) is 7.07. The van der Waals surface area contributed by atoms with E-state index < -0.39 is 10.0 Å². The topological polar surface area (TPSA) is 58.6 Å². The predicted molar refractivity (Wildman–Crippen MR) is 79.4 cm³/mol. The second-order valence-electron chi connectivity index (χ2n) is 5.20. The Labute approximate surface area is 121 Å². The summed E-state index contributed by atoms with van der Waals surface area (Å²) in [5.41, 5.74) is 0. The first kappa shape index (κ1) is 15.3. The minimum Gasteiger partial charge on any atom is -0.492 e. The van der Waals surface area contributed by atoms with Crippen LogP contribution in [0.25, 0.3) is 0 Å². The number of piperidine rings is 1. The normalized spacial score (nSPS) is 20.8. The molecule has 0 saturated carbocycles. The molecule has 1 aromatic carbocycles. The van der Waals surface area contributed by atoms with Crippen molar-refractivity contribution in [1.29, 1.82) is 0 Å². The summed E-state index contributed by atoms with van der Waals surface area (Å²) in [6, 6.07) is 9.27. The van der Waals surface area contributed by atoms with Crippen molar-refractivity contribution in [1.82, 2.24) is 9.62 Å². The molecule has 0 aromatic heterocycles. The fourth-order valence-corrected chi connectivity index (χ4v) is 3.48. The van der Waals surface area contributed by atoms with E-state index in [2.05, 4.69) is 9.62 Å². The second kappa shape index (κ2) is 7.06. The van der Waals surface area contributed by atoms with Crippen LogP contribution < -0.4 is 9.46 Å². The third-order valence-corrected chi connectivity index (χ3v) is 4.73. The van der Waals surface area contributed by atoms with Crippen LogP contribution in [0.1, 0.15) is 12.8 Å². The van der Waals surface area contributed by atoms with Crippen LogP contribution in [-0.2, 0) is 10.0 Å². The van der Waals surface area contributed by atoms with Crippen LogP contribution >= 0.6 is 0 Å². The lowest BCUT2D eigenvalue weighted by atomic mass is 10.1. The zero-order chi connectivity index (χ0) is 14.4. The number of hydrogen-bond acceptors (Lipinski definition) is 4. The number of likely N-dealkylation sites (N-methyl/N-ethyl adjacent to an activating group) is 1. The lowest BCUT2D eigenvalue weighted by Crippen LogP contribution is -2.47. The van der Waals surface area contributed by atoms with Gasteiger partial charge in [0, 0.05) is 12.6 Å². The first-order valence-corrected chi connectivity index (χ1v) is 8.57. The van der Waals surface area contributed by atoms with Gasteiger partial charge in [-0.1, -0.05) is 18.2 Å². The summed E-state index contributed by atoms with van der Waals surface area (Å²) < 4.78 is 32.2. The Kier molecular flexibility index (Phi) is 5.39. The van der Waals surface area contributed by atoms with E-state index >= 15 is 0 Å². The molecule has 1 aliphatic heterocycles. The molecule has 2 rings (SSSR count). The number of para-hydroxylation sites is 1. The molecule has 1 aliphatic rings. The Morgan fingerprint density at radius 1 is 1.35 bits per heavy atom. The van der Waals surface area contributed by atoms with Crippen molar-refractivity contribution < 1.29 is 13.2 Å². The molecule has 112 valence electrons. The number of ether oxygens (including phenoxy) is 1. The van der Waals surface area contributed by atoms with Gasteiger partial charge in [-0.05, 0) is 38.6 Å². The van der Waals surface area contributed by atoms with Gasteiger partial charge >= 0.3 is 0 Å². The molecule has 1 aromatic rings. The van der Waals surface area contributed by atoms with E-state index in [1.54, 1.807) is 0 Å². The molecular formula is C14H22N2O3S. The average Bonchev–Trinajstić information content (AvgIpc) is 2.39. The van der Waals surface area contributed by atoms with E-state index in [0.717, 1.165) is 25.9 Å². The van der Waals surface area contributed by atoms with Crippen LogP contribution in [0, 0.1) is 0 Å². The molecule has 0 aliphatic carbocycles. The van der Waals surface area contributed by atoms with Gasteiger partial charge in [-0.25, -0.2) is 13.1 Å². The van der Waals surface area contributed by atoms with Gasteiger partial charge in [0.1, 0.15) is 12.4 Å². The third kappa shape index (κ3) is 5.11. The Hall–Kier alpha value is -1.11. The van der Waals surface area contributed by atoms with Gasteiger partial charge in [0.05, 0.1) is 5.75 Å². The number of sulfonamides is 1. The smallest absolute Gasteiger partial charge is 0.215 e. The molecule has 0 amide bonds. The van der Waals surface area contributed by atoms with Crippen LogP contribution in [0.5, 0.6) is 5.75 Å². The Morgan fingerprint density at radius 3 is 2.80 bits per heavy atom. The predicted octanol–water partition coefficient (Wildman–Crippen LogP) is 1.08. The van der Waals surface area contributed by atoms with Crippen molar-refractivity contribution >= 4 is 10.0 Å². The molecule has 1 fully saturated rings. The molecule has 0 bridgehead atoms. The minimum absolute atomic E-state index is 0.0118. The Morgan fingerprint density at radius 2 is 2.10 bits per heavy atom. The molecule has 6 heteroatoms. The number of benzene rings is 1. The molecule has 1 heterocycles. The highest BCUT2D eigenvalue weighted by Crippen LogP contribution is 2.10. The first-order valence-electron chi connectivity index (χ1n) is 6.91.